The third kappa shape index (κ3) is 2.50. The molecule has 1 amide bonds. The maximum absolute atomic E-state index is 12.4. The molecule has 3 aromatic rings. The SMILES string of the molecule is COc1ccc(OC)c(NC(=O)c2cn3c(C)csc3n2)c1. The van der Waals surface area contributed by atoms with Gasteiger partial charge in [-0.2, -0.15) is 0 Å². The number of imidazole rings is 1. The van der Waals surface area contributed by atoms with Crippen LogP contribution in [-0.4, -0.2) is 29.5 Å². The van der Waals surface area contributed by atoms with E-state index < -0.39 is 0 Å². The lowest BCUT2D eigenvalue weighted by atomic mass is 10.2. The molecule has 0 aliphatic carbocycles. The van der Waals surface area contributed by atoms with Crippen LogP contribution in [0.3, 0.4) is 0 Å². The number of anilines is 1. The molecule has 0 fully saturated rings. The highest BCUT2D eigenvalue weighted by atomic mass is 32.1. The van der Waals surface area contributed by atoms with Crippen LogP contribution in [0.2, 0.25) is 0 Å². The Morgan fingerprint density at radius 2 is 2.14 bits per heavy atom. The van der Waals surface area contributed by atoms with E-state index in [2.05, 4.69) is 10.3 Å². The van der Waals surface area contributed by atoms with Gasteiger partial charge in [0.2, 0.25) is 0 Å². The van der Waals surface area contributed by atoms with Gasteiger partial charge in [-0.15, -0.1) is 11.3 Å². The van der Waals surface area contributed by atoms with Crippen LogP contribution >= 0.6 is 11.3 Å². The molecule has 0 atom stereocenters. The van der Waals surface area contributed by atoms with Crippen molar-refractivity contribution < 1.29 is 14.3 Å². The first-order valence-electron chi connectivity index (χ1n) is 6.59. The third-order valence-electron chi connectivity index (χ3n) is 3.28. The number of nitrogens with one attached hydrogen (secondary N) is 1. The largest absolute Gasteiger partial charge is 0.497 e. The summed E-state index contributed by atoms with van der Waals surface area (Å²) in [7, 11) is 3.12. The quantitative estimate of drug-likeness (QED) is 0.803. The van der Waals surface area contributed by atoms with E-state index in [0.717, 1.165) is 10.7 Å². The van der Waals surface area contributed by atoms with Crippen molar-refractivity contribution in [3.63, 3.8) is 0 Å². The number of amides is 1. The Kier molecular flexibility index (Phi) is 3.72. The number of aryl methyl sites for hydroxylation is 1. The van der Waals surface area contributed by atoms with Gasteiger partial charge in [0.15, 0.2) is 4.96 Å². The summed E-state index contributed by atoms with van der Waals surface area (Å²) in [6, 6.07) is 5.22. The summed E-state index contributed by atoms with van der Waals surface area (Å²) in [5.74, 6) is 0.908. The first-order chi connectivity index (χ1) is 10.6. The topological polar surface area (TPSA) is 64.9 Å². The first kappa shape index (κ1) is 14.4. The minimum absolute atomic E-state index is 0.290. The van der Waals surface area contributed by atoms with Crippen molar-refractivity contribution in [2.45, 2.75) is 6.92 Å². The summed E-state index contributed by atoms with van der Waals surface area (Å²) >= 11 is 1.50. The lowest BCUT2D eigenvalue weighted by molar-refractivity contribution is 0.102. The Morgan fingerprint density at radius 3 is 2.82 bits per heavy atom. The van der Waals surface area contributed by atoms with Crippen molar-refractivity contribution in [1.29, 1.82) is 0 Å². The van der Waals surface area contributed by atoms with E-state index in [0.29, 0.717) is 22.9 Å². The number of aromatic nitrogens is 2. The van der Waals surface area contributed by atoms with Crippen molar-refractivity contribution in [1.82, 2.24) is 9.38 Å². The van der Waals surface area contributed by atoms with Crippen LogP contribution in [-0.2, 0) is 0 Å². The second-order valence-corrected chi connectivity index (χ2v) is 5.51. The fraction of sp³-hybridized carbons (Fsp3) is 0.200. The molecule has 0 aliphatic rings. The average molecular weight is 317 g/mol. The Labute approximate surface area is 131 Å². The summed E-state index contributed by atoms with van der Waals surface area (Å²) in [6.45, 7) is 1.97. The molecule has 3 rings (SSSR count). The van der Waals surface area contributed by atoms with Gasteiger partial charge in [-0.1, -0.05) is 0 Å². The van der Waals surface area contributed by atoms with Crippen molar-refractivity contribution >= 4 is 27.9 Å². The number of hydrogen-bond acceptors (Lipinski definition) is 5. The number of benzene rings is 1. The highest BCUT2D eigenvalue weighted by Gasteiger charge is 2.15. The van der Waals surface area contributed by atoms with Gasteiger partial charge in [0.25, 0.3) is 5.91 Å². The zero-order chi connectivity index (χ0) is 15.7. The van der Waals surface area contributed by atoms with Crippen molar-refractivity contribution in [2.24, 2.45) is 0 Å². The lowest BCUT2D eigenvalue weighted by Gasteiger charge is -2.10. The standard InChI is InChI=1S/C15H15N3O3S/c1-9-8-22-15-17-12(7-18(9)15)14(19)16-11-6-10(20-2)4-5-13(11)21-3/h4-8H,1-3H3,(H,16,19). The van der Waals surface area contributed by atoms with E-state index >= 15 is 0 Å². The molecule has 6 nitrogen and oxygen atoms in total. The van der Waals surface area contributed by atoms with E-state index in [4.69, 9.17) is 9.47 Å². The Hall–Kier alpha value is -2.54. The first-order valence-corrected chi connectivity index (χ1v) is 7.47. The summed E-state index contributed by atoms with van der Waals surface area (Å²) in [4.78, 5) is 17.5. The number of nitrogens with zero attached hydrogens (tertiary/aromatic N) is 2. The van der Waals surface area contributed by atoms with Crippen LogP contribution < -0.4 is 14.8 Å². The van der Waals surface area contributed by atoms with E-state index in [1.807, 2.05) is 16.7 Å². The number of methoxy groups -OCH3 is 2. The zero-order valence-corrected chi connectivity index (χ0v) is 13.2. The molecule has 0 saturated carbocycles. The predicted octanol–water partition coefficient (Wildman–Crippen LogP) is 2.97. The average Bonchev–Trinajstić information content (AvgIpc) is 3.09. The number of carbonyl (C=O) groups is 1. The van der Waals surface area contributed by atoms with Gasteiger partial charge in [-0.25, -0.2) is 4.98 Å². The van der Waals surface area contributed by atoms with Crippen molar-refractivity contribution in [3.8, 4) is 11.5 Å². The zero-order valence-electron chi connectivity index (χ0n) is 12.4. The Balaban J connectivity index is 1.90. The maximum atomic E-state index is 12.4. The molecule has 2 heterocycles. The highest BCUT2D eigenvalue weighted by Crippen LogP contribution is 2.29. The molecule has 7 heteroatoms. The van der Waals surface area contributed by atoms with E-state index in [9.17, 15) is 4.79 Å². The molecule has 1 N–H and O–H groups in total. The molecule has 2 aromatic heterocycles. The lowest BCUT2D eigenvalue weighted by Crippen LogP contribution is -2.13. The molecule has 0 radical (unpaired) electrons. The van der Waals surface area contributed by atoms with Gasteiger partial charge in [-0.05, 0) is 19.1 Å². The Morgan fingerprint density at radius 1 is 1.32 bits per heavy atom. The van der Waals surface area contributed by atoms with Crippen LogP contribution in [0, 0.1) is 6.92 Å². The van der Waals surface area contributed by atoms with Gasteiger partial charge in [0.05, 0.1) is 19.9 Å². The molecule has 0 unspecified atom stereocenters. The third-order valence-corrected chi connectivity index (χ3v) is 4.23. The minimum atomic E-state index is -0.290. The number of carbonyl (C=O) groups excluding carboxylic acids is 1. The Bertz CT molecular complexity index is 838. The summed E-state index contributed by atoms with van der Waals surface area (Å²) in [5.41, 5.74) is 1.95. The molecule has 22 heavy (non-hydrogen) atoms. The summed E-state index contributed by atoms with van der Waals surface area (Å²) in [5, 5.41) is 4.80. The number of fused-ring (bicyclic) bond motifs is 1. The van der Waals surface area contributed by atoms with Crippen LogP contribution in [0.4, 0.5) is 5.69 Å². The number of thiazole rings is 1. The van der Waals surface area contributed by atoms with E-state index in [1.165, 1.54) is 11.3 Å². The summed E-state index contributed by atoms with van der Waals surface area (Å²) in [6.07, 6.45) is 1.73. The second-order valence-electron chi connectivity index (χ2n) is 4.68. The predicted molar refractivity (Wildman–Crippen MR) is 85.3 cm³/mol. The molecule has 0 spiro atoms. The van der Waals surface area contributed by atoms with Gasteiger partial charge in [0.1, 0.15) is 17.2 Å². The van der Waals surface area contributed by atoms with E-state index in [1.54, 1.807) is 38.6 Å². The maximum Gasteiger partial charge on any atom is 0.276 e. The monoisotopic (exact) mass is 317 g/mol. The number of hydrogen-bond donors (Lipinski definition) is 1. The molecular weight excluding hydrogens is 302 g/mol. The molecule has 0 bridgehead atoms. The van der Waals surface area contributed by atoms with Gasteiger partial charge < -0.3 is 14.8 Å². The van der Waals surface area contributed by atoms with Crippen molar-refractivity contribution in [2.75, 3.05) is 19.5 Å². The second kappa shape index (κ2) is 5.69. The summed E-state index contributed by atoms with van der Waals surface area (Å²) < 4.78 is 12.3. The van der Waals surface area contributed by atoms with Gasteiger partial charge in [0, 0.05) is 23.3 Å². The van der Waals surface area contributed by atoms with Crippen LogP contribution in [0.25, 0.3) is 4.96 Å². The van der Waals surface area contributed by atoms with Gasteiger partial charge in [-0.3, -0.25) is 9.20 Å². The smallest absolute Gasteiger partial charge is 0.276 e. The molecule has 0 aliphatic heterocycles. The fourth-order valence-corrected chi connectivity index (χ4v) is 2.95. The van der Waals surface area contributed by atoms with Crippen molar-refractivity contribution in [3.05, 3.63) is 41.2 Å². The minimum Gasteiger partial charge on any atom is -0.497 e. The van der Waals surface area contributed by atoms with Gasteiger partial charge >= 0.3 is 0 Å². The number of ether oxygens (including phenoxy) is 2. The fourth-order valence-electron chi connectivity index (χ4n) is 2.10. The normalized spacial score (nSPS) is 10.7. The molecule has 0 saturated heterocycles. The van der Waals surface area contributed by atoms with E-state index in [-0.39, 0.29) is 5.91 Å². The van der Waals surface area contributed by atoms with Crippen LogP contribution in [0.1, 0.15) is 16.2 Å². The van der Waals surface area contributed by atoms with Crippen LogP contribution in [0.5, 0.6) is 11.5 Å². The molecule has 1 aromatic carbocycles. The highest BCUT2D eigenvalue weighted by molar-refractivity contribution is 7.15. The molecule has 114 valence electrons. The number of rotatable bonds is 4. The molecular formula is C15H15N3O3S. The van der Waals surface area contributed by atoms with Crippen LogP contribution in [0.15, 0.2) is 29.8 Å².